The molecule has 1 heterocycles. The molecule has 2 aromatic rings. The standard InChI is InChI=1S/C14H15N3O6S/c1-16(10-14(18)15-9-12-3-2-8-23-12)24(21,22)13-6-4-11(5-7-13)17(19)20/h2-8H,9-10H2,1H3,(H,15,18). The smallest absolute Gasteiger partial charge is 0.269 e. The normalized spacial score (nSPS) is 11.4. The highest BCUT2D eigenvalue weighted by atomic mass is 32.2. The van der Waals surface area contributed by atoms with E-state index in [-0.39, 0.29) is 23.7 Å². The first kappa shape index (κ1) is 17.6. The molecule has 0 aliphatic rings. The van der Waals surface area contributed by atoms with Gasteiger partial charge in [-0.25, -0.2) is 8.42 Å². The van der Waals surface area contributed by atoms with Crippen molar-refractivity contribution in [3.8, 4) is 0 Å². The minimum atomic E-state index is -3.92. The molecule has 1 amide bonds. The minimum Gasteiger partial charge on any atom is -0.467 e. The Morgan fingerprint density at radius 3 is 2.50 bits per heavy atom. The number of sulfonamides is 1. The van der Waals surface area contributed by atoms with Crippen LogP contribution >= 0.6 is 0 Å². The molecule has 1 aromatic carbocycles. The molecule has 128 valence electrons. The van der Waals surface area contributed by atoms with Crippen molar-refractivity contribution < 1.29 is 22.6 Å². The molecule has 0 radical (unpaired) electrons. The number of nitrogens with zero attached hydrogens (tertiary/aromatic N) is 2. The summed E-state index contributed by atoms with van der Waals surface area (Å²) in [6.45, 7) is -0.239. The van der Waals surface area contributed by atoms with Gasteiger partial charge in [0.15, 0.2) is 0 Å². The number of furan rings is 1. The van der Waals surface area contributed by atoms with Crippen molar-refractivity contribution in [1.82, 2.24) is 9.62 Å². The number of benzene rings is 1. The number of nitro groups is 1. The number of rotatable bonds is 7. The van der Waals surface area contributed by atoms with Gasteiger partial charge in [-0.1, -0.05) is 0 Å². The van der Waals surface area contributed by atoms with Gasteiger partial charge in [0.05, 0.1) is 29.2 Å². The fourth-order valence-corrected chi connectivity index (χ4v) is 2.99. The fourth-order valence-electron chi connectivity index (χ4n) is 1.86. The molecular formula is C14H15N3O6S. The molecule has 0 aliphatic carbocycles. The second-order valence-electron chi connectivity index (χ2n) is 4.87. The molecule has 0 fully saturated rings. The van der Waals surface area contributed by atoms with E-state index in [4.69, 9.17) is 4.42 Å². The van der Waals surface area contributed by atoms with Crippen molar-refractivity contribution in [1.29, 1.82) is 0 Å². The van der Waals surface area contributed by atoms with Crippen molar-refractivity contribution in [2.24, 2.45) is 0 Å². The van der Waals surface area contributed by atoms with Crippen molar-refractivity contribution in [3.05, 3.63) is 58.5 Å². The molecule has 2 rings (SSSR count). The Kier molecular flexibility index (Phi) is 5.31. The zero-order chi connectivity index (χ0) is 17.7. The van der Waals surface area contributed by atoms with Crippen LogP contribution in [0.5, 0.6) is 0 Å². The van der Waals surface area contributed by atoms with E-state index in [0.717, 1.165) is 28.6 Å². The predicted octanol–water partition coefficient (Wildman–Crippen LogP) is 1.12. The first-order chi connectivity index (χ1) is 11.3. The number of hydrogen-bond acceptors (Lipinski definition) is 6. The zero-order valence-electron chi connectivity index (χ0n) is 12.7. The Morgan fingerprint density at radius 1 is 1.29 bits per heavy atom. The fraction of sp³-hybridized carbons (Fsp3) is 0.214. The Bertz CT molecular complexity index is 815. The maximum Gasteiger partial charge on any atom is 0.269 e. The summed E-state index contributed by atoms with van der Waals surface area (Å²) in [5.74, 6) is 0.0450. The maximum atomic E-state index is 12.3. The molecule has 0 bridgehead atoms. The molecule has 1 aromatic heterocycles. The minimum absolute atomic E-state index is 0.130. The Labute approximate surface area is 138 Å². The summed E-state index contributed by atoms with van der Waals surface area (Å²) < 4.78 is 30.6. The van der Waals surface area contributed by atoms with Crippen molar-refractivity contribution in [2.75, 3.05) is 13.6 Å². The van der Waals surface area contributed by atoms with E-state index in [1.807, 2.05) is 0 Å². The number of likely N-dealkylation sites (N-methyl/N-ethyl adjacent to an activating group) is 1. The van der Waals surface area contributed by atoms with Gasteiger partial charge >= 0.3 is 0 Å². The largest absolute Gasteiger partial charge is 0.467 e. The predicted molar refractivity (Wildman–Crippen MR) is 83.5 cm³/mol. The van der Waals surface area contributed by atoms with Crippen LogP contribution in [0.1, 0.15) is 5.76 Å². The summed E-state index contributed by atoms with van der Waals surface area (Å²) in [4.78, 5) is 21.7. The Morgan fingerprint density at radius 2 is 1.96 bits per heavy atom. The molecule has 0 aliphatic heterocycles. The highest BCUT2D eigenvalue weighted by Gasteiger charge is 2.23. The lowest BCUT2D eigenvalue weighted by Crippen LogP contribution is -2.38. The summed E-state index contributed by atoms with van der Waals surface area (Å²) in [5, 5.41) is 13.1. The second-order valence-corrected chi connectivity index (χ2v) is 6.91. The van der Waals surface area contributed by atoms with Crippen LogP contribution in [0.15, 0.2) is 52.0 Å². The van der Waals surface area contributed by atoms with Gasteiger partial charge in [-0.15, -0.1) is 0 Å². The van der Waals surface area contributed by atoms with Crippen LogP contribution in [0.2, 0.25) is 0 Å². The SMILES string of the molecule is CN(CC(=O)NCc1ccco1)S(=O)(=O)c1ccc([N+](=O)[O-])cc1. The summed E-state index contributed by atoms with van der Waals surface area (Å²) in [7, 11) is -2.67. The van der Waals surface area contributed by atoms with E-state index in [1.165, 1.54) is 13.3 Å². The molecule has 0 saturated heterocycles. The number of hydrogen-bond donors (Lipinski definition) is 1. The van der Waals surface area contributed by atoms with Gasteiger partial charge < -0.3 is 9.73 Å². The van der Waals surface area contributed by atoms with Gasteiger partial charge in [-0.3, -0.25) is 14.9 Å². The number of amides is 1. The second kappa shape index (κ2) is 7.23. The van der Waals surface area contributed by atoms with Crippen LogP contribution in [-0.2, 0) is 21.4 Å². The van der Waals surface area contributed by atoms with Crippen molar-refractivity contribution in [2.45, 2.75) is 11.4 Å². The van der Waals surface area contributed by atoms with E-state index in [1.54, 1.807) is 12.1 Å². The third-order valence-corrected chi connectivity index (χ3v) is 4.98. The number of nitro benzene ring substituents is 1. The van der Waals surface area contributed by atoms with Crippen LogP contribution in [0, 0.1) is 10.1 Å². The van der Waals surface area contributed by atoms with Gasteiger partial charge in [0.2, 0.25) is 15.9 Å². The number of non-ortho nitro benzene ring substituents is 1. The Balaban J connectivity index is 2.00. The van der Waals surface area contributed by atoms with E-state index in [2.05, 4.69) is 5.32 Å². The topological polar surface area (TPSA) is 123 Å². The van der Waals surface area contributed by atoms with Crippen LogP contribution < -0.4 is 5.32 Å². The van der Waals surface area contributed by atoms with Crippen LogP contribution in [0.3, 0.4) is 0 Å². The van der Waals surface area contributed by atoms with Crippen LogP contribution in [0.25, 0.3) is 0 Å². The van der Waals surface area contributed by atoms with Crippen LogP contribution in [-0.4, -0.2) is 37.1 Å². The molecule has 10 heteroatoms. The number of carbonyl (C=O) groups is 1. The lowest BCUT2D eigenvalue weighted by molar-refractivity contribution is -0.384. The van der Waals surface area contributed by atoms with Gasteiger partial charge in [0, 0.05) is 19.2 Å². The maximum absolute atomic E-state index is 12.3. The monoisotopic (exact) mass is 353 g/mol. The number of carbonyl (C=O) groups excluding carboxylic acids is 1. The summed E-state index contributed by atoms with van der Waals surface area (Å²) in [5.41, 5.74) is -0.215. The molecule has 9 nitrogen and oxygen atoms in total. The molecule has 0 spiro atoms. The number of nitrogens with one attached hydrogen (secondary N) is 1. The molecule has 0 atom stereocenters. The van der Waals surface area contributed by atoms with E-state index < -0.39 is 20.9 Å². The first-order valence-electron chi connectivity index (χ1n) is 6.80. The van der Waals surface area contributed by atoms with E-state index in [9.17, 15) is 23.3 Å². The molecular weight excluding hydrogens is 338 g/mol. The van der Waals surface area contributed by atoms with Crippen molar-refractivity contribution in [3.63, 3.8) is 0 Å². The Hall–Kier alpha value is -2.72. The van der Waals surface area contributed by atoms with E-state index >= 15 is 0 Å². The summed E-state index contributed by atoms with van der Waals surface area (Å²) in [6.07, 6.45) is 1.46. The third-order valence-electron chi connectivity index (χ3n) is 3.16. The lowest BCUT2D eigenvalue weighted by Gasteiger charge is -2.16. The highest BCUT2D eigenvalue weighted by Crippen LogP contribution is 2.18. The summed E-state index contributed by atoms with van der Waals surface area (Å²) >= 11 is 0. The van der Waals surface area contributed by atoms with Crippen molar-refractivity contribution >= 4 is 21.6 Å². The third kappa shape index (κ3) is 4.18. The van der Waals surface area contributed by atoms with Gasteiger partial charge in [-0.2, -0.15) is 4.31 Å². The molecule has 0 unspecified atom stereocenters. The van der Waals surface area contributed by atoms with Gasteiger partial charge in [0.25, 0.3) is 5.69 Å². The molecule has 1 N–H and O–H groups in total. The van der Waals surface area contributed by atoms with Crippen LogP contribution in [0.4, 0.5) is 5.69 Å². The zero-order valence-corrected chi connectivity index (χ0v) is 13.5. The molecule has 24 heavy (non-hydrogen) atoms. The van der Waals surface area contributed by atoms with Gasteiger partial charge in [0.1, 0.15) is 5.76 Å². The first-order valence-corrected chi connectivity index (χ1v) is 8.24. The van der Waals surface area contributed by atoms with E-state index in [0.29, 0.717) is 5.76 Å². The average molecular weight is 353 g/mol. The summed E-state index contributed by atoms with van der Waals surface area (Å²) in [6, 6.07) is 7.80. The van der Waals surface area contributed by atoms with Gasteiger partial charge in [-0.05, 0) is 24.3 Å². The molecule has 0 saturated carbocycles. The lowest BCUT2D eigenvalue weighted by atomic mass is 10.3. The quantitative estimate of drug-likeness (QED) is 0.588. The average Bonchev–Trinajstić information content (AvgIpc) is 3.06. The highest BCUT2D eigenvalue weighted by molar-refractivity contribution is 7.89.